The number of aromatic nitrogens is 2. The van der Waals surface area contributed by atoms with Crippen LogP contribution in [0.2, 0.25) is 0 Å². The minimum absolute atomic E-state index is 0.0665. The first-order valence-corrected chi connectivity index (χ1v) is 16.0. The van der Waals surface area contributed by atoms with Gasteiger partial charge in [-0.2, -0.15) is 4.72 Å². The van der Waals surface area contributed by atoms with Crippen LogP contribution in [0.25, 0.3) is 10.4 Å². The zero-order valence-corrected chi connectivity index (χ0v) is 24.7. The number of carbonyl (C=O) groups is 3. The van der Waals surface area contributed by atoms with Crippen LogP contribution in [0.15, 0.2) is 46.9 Å². The maximum Gasteiger partial charge on any atom is 0.331 e. The first-order valence-electron chi connectivity index (χ1n) is 13.7. The molecule has 0 aliphatic carbocycles. The summed E-state index contributed by atoms with van der Waals surface area (Å²) >= 11 is 1.40. The van der Waals surface area contributed by atoms with Crippen molar-refractivity contribution in [1.29, 1.82) is 0 Å². The lowest BCUT2D eigenvalue weighted by atomic mass is 10.1. The van der Waals surface area contributed by atoms with E-state index in [2.05, 4.69) is 25.3 Å². The zero-order chi connectivity index (χ0) is 29.4. The predicted molar refractivity (Wildman–Crippen MR) is 156 cm³/mol. The van der Waals surface area contributed by atoms with Crippen LogP contribution in [-0.4, -0.2) is 54.9 Å². The van der Waals surface area contributed by atoms with E-state index < -0.39 is 34.0 Å². The number of para-hydroxylation sites is 1. The number of carbonyl (C=O) groups excluding carboxylic acids is 3. The van der Waals surface area contributed by atoms with Crippen LogP contribution in [0.1, 0.15) is 56.8 Å². The molecule has 13 heteroatoms. The number of aryl methyl sites for hydroxylation is 2. The molecular formula is C28H35N5O6S2. The Hall–Kier alpha value is -3.39. The number of piperidine rings is 1. The molecule has 1 saturated heterocycles. The fourth-order valence-corrected chi connectivity index (χ4v) is 6.79. The van der Waals surface area contributed by atoms with Crippen LogP contribution >= 0.6 is 11.3 Å². The largest absolute Gasteiger partial charge is 0.391 e. The van der Waals surface area contributed by atoms with Crippen LogP contribution in [0, 0.1) is 6.92 Å². The summed E-state index contributed by atoms with van der Waals surface area (Å²) in [5.41, 5.74) is 2.34. The van der Waals surface area contributed by atoms with E-state index >= 15 is 0 Å². The summed E-state index contributed by atoms with van der Waals surface area (Å²) in [4.78, 5) is 46.2. The van der Waals surface area contributed by atoms with Crippen LogP contribution in [0.4, 0.5) is 5.69 Å². The van der Waals surface area contributed by atoms with E-state index in [1.165, 1.54) is 17.4 Å². The van der Waals surface area contributed by atoms with E-state index in [1.54, 1.807) is 25.4 Å². The fraction of sp³-hybridized carbons (Fsp3) is 0.429. The second kappa shape index (κ2) is 14.0. The SMILES string of the molecule is CCC(=O)Nc1c(-c2cccs2)cccc1S(=O)(=O)NC(CCCc1nc[nH]c1C)C(=O)OC(=O)C1CCCCN1. The van der Waals surface area contributed by atoms with E-state index in [-0.39, 0.29) is 29.3 Å². The van der Waals surface area contributed by atoms with Gasteiger partial charge >= 0.3 is 11.9 Å². The molecular weight excluding hydrogens is 566 g/mol. The van der Waals surface area contributed by atoms with Gasteiger partial charge < -0.3 is 20.4 Å². The van der Waals surface area contributed by atoms with Crippen LogP contribution in [0.3, 0.4) is 0 Å². The van der Waals surface area contributed by atoms with Crippen molar-refractivity contribution in [2.45, 2.75) is 75.8 Å². The third-order valence-electron chi connectivity index (χ3n) is 6.91. The number of benzene rings is 1. The van der Waals surface area contributed by atoms with Crippen LogP contribution < -0.4 is 15.4 Å². The minimum Gasteiger partial charge on any atom is -0.391 e. The van der Waals surface area contributed by atoms with Crippen molar-refractivity contribution in [2.24, 2.45) is 0 Å². The van der Waals surface area contributed by atoms with Gasteiger partial charge in [0.05, 0.1) is 17.7 Å². The molecule has 1 aliphatic heterocycles. The standard InChI is InChI=1S/C28H35N5O6S2/c1-3-25(34)32-26-19(23-13-8-16-40-23)9-6-14-24(26)41(37,38)33-22(12-7-11-20-18(2)30-17-31-20)28(36)39-27(35)21-10-4-5-15-29-21/h6,8-9,13-14,16-17,21-22,29,33H,3-5,7,10-12,15H2,1-2H3,(H,30,31)(H,32,34). The molecule has 0 radical (unpaired) electrons. The molecule has 1 aliphatic rings. The number of H-pyrrole nitrogens is 1. The molecule has 3 heterocycles. The Morgan fingerprint density at radius 3 is 2.68 bits per heavy atom. The van der Waals surface area contributed by atoms with Gasteiger partial charge in [-0.25, -0.2) is 23.0 Å². The van der Waals surface area contributed by atoms with E-state index in [0.29, 0.717) is 31.4 Å². The smallest absolute Gasteiger partial charge is 0.331 e. The molecule has 41 heavy (non-hydrogen) atoms. The average molecular weight is 602 g/mol. The molecule has 0 bridgehead atoms. The fourth-order valence-electron chi connectivity index (χ4n) is 4.63. The number of anilines is 1. The topological polar surface area (TPSA) is 159 Å². The first kappa shape index (κ1) is 30.6. The number of ether oxygens (including phenoxy) is 1. The summed E-state index contributed by atoms with van der Waals surface area (Å²) in [6.07, 6.45) is 4.96. The highest BCUT2D eigenvalue weighted by molar-refractivity contribution is 7.89. The number of amides is 1. The highest BCUT2D eigenvalue weighted by Crippen LogP contribution is 2.36. The molecule has 11 nitrogen and oxygen atoms in total. The Bertz CT molecular complexity index is 1460. The normalized spacial score (nSPS) is 16.2. The van der Waals surface area contributed by atoms with E-state index in [4.69, 9.17) is 4.74 Å². The molecule has 2 aromatic heterocycles. The zero-order valence-electron chi connectivity index (χ0n) is 23.1. The van der Waals surface area contributed by atoms with Gasteiger partial charge in [-0.1, -0.05) is 31.5 Å². The van der Waals surface area contributed by atoms with Gasteiger partial charge in [0.25, 0.3) is 0 Å². The van der Waals surface area contributed by atoms with E-state index in [1.807, 2.05) is 24.4 Å². The van der Waals surface area contributed by atoms with Crippen LogP contribution in [0.5, 0.6) is 0 Å². The molecule has 1 amide bonds. The number of hydrogen-bond acceptors (Lipinski definition) is 9. The lowest BCUT2D eigenvalue weighted by Crippen LogP contribution is -2.46. The Kier molecular flexibility index (Phi) is 10.4. The minimum atomic E-state index is -4.37. The quantitative estimate of drug-likeness (QED) is 0.181. The Balaban J connectivity index is 1.61. The van der Waals surface area contributed by atoms with Crippen molar-refractivity contribution >= 4 is 44.9 Å². The Labute approximate surface area is 243 Å². The number of esters is 2. The number of thiophene rings is 1. The van der Waals surface area contributed by atoms with Gasteiger partial charge in [-0.15, -0.1) is 11.3 Å². The maximum atomic E-state index is 13.8. The van der Waals surface area contributed by atoms with E-state index in [0.717, 1.165) is 29.1 Å². The molecule has 4 N–H and O–H groups in total. The molecule has 2 unspecified atom stereocenters. The molecule has 1 fully saturated rings. The van der Waals surface area contributed by atoms with Crippen molar-refractivity contribution in [3.05, 3.63) is 53.4 Å². The molecule has 2 atom stereocenters. The average Bonchev–Trinajstić information content (AvgIpc) is 3.65. The van der Waals surface area contributed by atoms with E-state index in [9.17, 15) is 22.8 Å². The summed E-state index contributed by atoms with van der Waals surface area (Å²) in [5.74, 6) is -2.06. The molecule has 0 saturated carbocycles. The summed E-state index contributed by atoms with van der Waals surface area (Å²) in [6, 6.07) is 6.38. The Morgan fingerprint density at radius 2 is 2.02 bits per heavy atom. The molecule has 0 spiro atoms. The molecule has 220 valence electrons. The van der Waals surface area contributed by atoms with Crippen molar-refractivity contribution in [3.8, 4) is 10.4 Å². The summed E-state index contributed by atoms with van der Waals surface area (Å²) in [5, 5.41) is 7.62. The highest BCUT2D eigenvalue weighted by Gasteiger charge is 2.33. The highest BCUT2D eigenvalue weighted by atomic mass is 32.2. The summed E-state index contributed by atoms with van der Waals surface area (Å²) < 4.78 is 35.3. The van der Waals surface area contributed by atoms with Gasteiger partial charge in [-0.05, 0) is 63.1 Å². The van der Waals surface area contributed by atoms with Crippen molar-refractivity contribution in [1.82, 2.24) is 20.0 Å². The van der Waals surface area contributed by atoms with Crippen molar-refractivity contribution < 1.29 is 27.5 Å². The number of sulfonamides is 1. The van der Waals surface area contributed by atoms with Gasteiger partial charge in [0.15, 0.2) is 0 Å². The van der Waals surface area contributed by atoms with Crippen molar-refractivity contribution in [2.75, 3.05) is 11.9 Å². The summed E-state index contributed by atoms with van der Waals surface area (Å²) in [7, 11) is -4.37. The number of nitrogens with one attached hydrogen (secondary N) is 4. The second-order valence-electron chi connectivity index (χ2n) is 9.84. The lowest BCUT2D eigenvalue weighted by Gasteiger charge is -2.23. The third-order valence-corrected chi connectivity index (χ3v) is 9.32. The van der Waals surface area contributed by atoms with Gasteiger partial charge in [0.1, 0.15) is 17.0 Å². The third kappa shape index (κ3) is 7.88. The molecule has 3 aromatic rings. The first-order chi connectivity index (χ1) is 19.7. The molecule has 4 rings (SSSR count). The van der Waals surface area contributed by atoms with Crippen molar-refractivity contribution in [3.63, 3.8) is 0 Å². The lowest BCUT2D eigenvalue weighted by molar-refractivity contribution is -0.162. The van der Waals surface area contributed by atoms with Gasteiger partial charge in [0.2, 0.25) is 15.9 Å². The number of rotatable bonds is 12. The second-order valence-corrected chi connectivity index (χ2v) is 12.5. The Morgan fingerprint density at radius 1 is 1.20 bits per heavy atom. The maximum absolute atomic E-state index is 13.8. The van der Waals surface area contributed by atoms with Gasteiger partial charge in [0, 0.05) is 22.6 Å². The molecule has 1 aromatic carbocycles. The summed E-state index contributed by atoms with van der Waals surface area (Å²) in [6.45, 7) is 4.18. The predicted octanol–water partition coefficient (Wildman–Crippen LogP) is 3.68. The number of nitrogens with zero attached hydrogens (tertiary/aromatic N) is 1. The number of aromatic amines is 1. The van der Waals surface area contributed by atoms with Gasteiger partial charge in [-0.3, -0.25) is 4.79 Å². The number of hydrogen-bond donors (Lipinski definition) is 4. The monoisotopic (exact) mass is 601 g/mol. The van der Waals surface area contributed by atoms with Crippen LogP contribution in [-0.2, 0) is 35.6 Å². The number of imidazole rings is 1.